The van der Waals surface area contributed by atoms with E-state index in [-0.39, 0.29) is 12.2 Å². The third-order valence-corrected chi connectivity index (χ3v) is 2.82. The average Bonchev–Trinajstić information content (AvgIpc) is 2.17. The summed E-state index contributed by atoms with van der Waals surface area (Å²) in [7, 11) is 3.46. The van der Waals surface area contributed by atoms with Gasteiger partial charge in [-0.2, -0.15) is 0 Å². The summed E-state index contributed by atoms with van der Waals surface area (Å²) < 4.78 is 16.1. The molecule has 1 rings (SSSR count). The lowest BCUT2D eigenvalue weighted by atomic mass is 9.84. The van der Waals surface area contributed by atoms with Gasteiger partial charge in [0.05, 0.1) is 18.8 Å². The molecule has 1 aliphatic carbocycles. The van der Waals surface area contributed by atoms with Crippen LogP contribution < -0.4 is 5.32 Å². The van der Waals surface area contributed by atoms with Crippen molar-refractivity contribution in [1.29, 1.82) is 0 Å². The van der Waals surface area contributed by atoms with Gasteiger partial charge in [-0.3, -0.25) is 0 Å². The van der Waals surface area contributed by atoms with Crippen LogP contribution in [-0.4, -0.2) is 51.7 Å². The van der Waals surface area contributed by atoms with Gasteiger partial charge in [-0.15, -0.1) is 0 Å². The minimum Gasteiger partial charge on any atom is -0.383 e. The first-order valence-corrected chi connectivity index (χ1v) is 5.62. The van der Waals surface area contributed by atoms with Gasteiger partial charge < -0.3 is 19.5 Å². The van der Waals surface area contributed by atoms with E-state index in [1.807, 2.05) is 6.92 Å². The van der Waals surface area contributed by atoms with Crippen molar-refractivity contribution in [3.05, 3.63) is 0 Å². The molecule has 0 amide bonds. The molecule has 0 aromatic heterocycles. The predicted octanol–water partition coefficient (Wildman–Crippen LogP) is 0.803. The summed E-state index contributed by atoms with van der Waals surface area (Å²) in [5.41, 5.74) is 0. The highest BCUT2D eigenvalue weighted by atomic mass is 16.5. The second-order valence-electron chi connectivity index (χ2n) is 4.06. The molecule has 0 heterocycles. The maximum absolute atomic E-state index is 5.56. The summed E-state index contributed by atoms with van der Waals surface area (Å²) in [6.07, 6.45) is 1.47. The zero-order valence-corrected chi connectivity index (χ0v) is 10.2. The number of ether oxygens (including phenoxy) is 3. The van der Waals surface area contributed by atoms with E-state index in [0.717, 1.165) is 19.6 Å². The first kappa shape index (κ1) is 12.9. The molecule has 0 radical (unpaired) electrons. The monoisotopic (exact) mass is 217 g/mol. The highest BCUT2D eigenvalue weighted by Crippen LogP contribution is 2.27. The molecule has 1 aliphatic rings. The van der Waals surface area contributed by atoms with Crippen LogP contribution in [0.1, 0.15) is 20.3 Å². The maximum atomic E-state index is 5.56. The normalized spacial score (nSPS) is 32.4. The number of nitrogens with one attached hydrogen (secondary N) is 1. The van der Waals surface area contributed by atoms with Crippen molar-refractivity contribution < 1.29 is 14.2 Å². The van der Waals surface area contributed by atoms with Gasteiger partial charge in [0, 0.05) is 32.9 Å². The molecule has 0 aromatic carbocycles. The maximum Gasteiger partial charge on any atom is 0.0986 e. The summed E-state index contributed by atoms with van der Waals surface area (Å²) in [5.74, 6) is 0. The third kappa shape index (κ3) is 3.41. The standard InChI is InChI=1S/C11H23NO3/c1-5-15-10-6-9(11(10)14-4)12-8(2)7-13-3/h8-12H,5-7H2,1-4H3. The third-order valence-electron chi connectivity index (χ3n) is 2.82. The highest BCUT2D eigenvalue weighted by molar-refractivity contribution is 4.97. The van der Waals surface area contributed by atoms with Gasteiger partial charge in [-0.05, 0) is 20.3 Å². The van der Waals surface area contributed by atoms with Crippen LogP contribution in [-0.2, 0) is 14.2 Å². The zero-order chi connectivity index (χ0) is 11.3. The smallest absolute Gasteiger partial charge is 0.0986 e. The fourth-order valence-electron chi connectivity index (χ4n) is 2.10. The first-order valence-electron chi connectivity index (χ1n) is 5.62. The molecule has 0 aromatic rings. The SMILES string of the molecule is CCOC1CC(NC(C)COC)C1OC. The minimum atomic E-state index is 0.184. The molecular formula is C11H23NO3. The van der Waals surface area contributed by atoms with Crippen molar-refractivity contribution in [2.24, 2.45) is 0 Å². The Morgan fingerprint density at radius 2 is 2.13 bits per heavy atom. The van der Waals surface area contributed by atoms with Crippen LogP contribution in [0.25, 0.3) is 0 Å². The largest absolute Gasteiger partial charge is 0.383 e. The van der Waals surface area contributed by atoms with Gasteiger partial charge in [0.1, 0.15) is 0 Å². The number of rotatable bonds is 7. The minimum absolute atomic E-state index is 0.184. The second kappa shape index (κ2) is 6.43. The van der Waals surface area contributed by atoms with E-state index in [0.29, 0.717) is 12.1 Å². The molecule has 0 bridgehead atoms. The molecule has 0 aliphatic heterocycles. The van der Waals surface area contributed by atoms with Crippen molar-refractivity contribution in [2.75, 3.05) is 27.4 Å². The Balaban J connectivity index is 2.26. The fraction of sp³-hybridized carbons (Fsp3) is 1.00. The number of methoxy groups -OCH3 is 2. The Morgan fingerprint density at radius 3 is 2.67 bits per heavy atom. The quantitative estimate of drug-likeness (QED) is 0.685. The van der Waals surface area contributed by atoms with E-state index in [1.165, 1.54) is 0 Å². The summed E-state index contributed by atoms with van der Waals surface area (Å²) in [6.45, 7) is 5.61. The van der Waals surface area contributed by atoms with Crippen molar-refractivity contribution >= 4 is 0 Å². The zero-order valence-electron chi connectivity index (χ0n) is 10.2. The van der Waals surface area contributed by atoms with Gasteiger partial charge in [0.25, 0.3) is 0 Å². The van der Waals surface area contributed by atoms with Crippen LogP contribution in [0.4, 0.5) is 0 Å². The van der Waals surface area contributed by atoms with E-state index in [4.69, 9.17) is 14.2 Å². The average molecular weight is 217 g/mol. The topological polar surface area (TPSA) is 39.7 Å². The Morgan fingerprint density at radius 1 is 1.40 bits per heavy atom. The van der Waals surface area contributed by atoms with Gasteiger partial charge >= 0.3 is 0 Å². The summed E-state index contributed by atoms with van der Waals surface area (Å²) in [4.78, 5) is 0. The Labute approximate surface area is 92.3 Å². The molecule has 4 unspecified atom stereocenters. The molecule has 15 heavy (non-hydrogen) atoms. The molecule has 0 saturated heterocycles. The van der Waals surface area contributed by atoms with E-state index in [2.05, 4.69) is 12.2 Å². The number of hydrogen-bond donors (Lipinski definition) is 1. The highest BCUT2D eigenvalue weighted by Gasteiger charge is 2.42. The van der Waals surface area contributed by atoms with Crippen LogP contribution in [0.3, 0.4) is 0 Å². The molecule has 1 N–H and O–H groups in total. The molecular weight excluding hydrogens is 194 g/mol. The summed E-state index contributed by atoms with van der Waals surface area (Å²) >= 11 is 0. The summed E-state index contributed by atoms with van der Waals surface area (Å²) in [6, 6.07) is 0.761. The Hall–Kier alpha value is -0.160. The lowest BCUT2D eigenvalue weighted by Crippen LogP contribution is -2.61. The van der Waals surface area contributed by atoms with Gasteiger partial charge in [0.2, 0.25) is 0 Å². The van der Waals surface area contributed by atoms with Crippen molar-refractivity contribution in [2.45, 2.75) is 44.6 Å². The Kier molecular flexibility index (Phi) is 5.53. The molecule has 4 heteroatoms. The van der Waals surface area contributed by atoms with Crippen LogP contribution in [0.5, 0.6) is 0 Å². The van der Waals surface area contributed by atoms with Crippen molar-refractivity contribution in [3.8, 4) is 0 Å². The Bertz CT molecular complexity index is 177. The van der Waals surface area contributed by atoms with Crippen LogP contribution >= 0.6 is 0 Å². The lowest BCUT2D eigenvalue weighted by Gasteiger charge is -2.44. The van der Waals surface area contributed by atoms with E-state index >= 15 is 0 Å². The van der Waals surface area contributed by atoms with Gasteiger partial charge in [-0.1, -0.05) is 0 Å². The molecule has 1 fully saturated rings. The summed E-state index contributed by atoms with van der Waals surface area (Å²) in [5, 5.41) is 3.48. The second-order valence-corrected chi connectivity index (χ2v) is 4.06. The van der Waals surface area contributed by atoms with Crippen LogP contribution in [0.2, 0.25) is 0 Å². The van der Waals surface area contributed by atoms with Crippen molar-refractivity contribution in [1.82, 2.24) is 5.32 Å². The molecule has 4 atom stereocenters. The van der Waals surface area contributed by atoms with E-state index in [9.17, 15) is 0 Å². The van der Waals surface area contributed by atoms with E-state index in [1.54, 1.807) is 14.2 Å². The molecule has 90 valence electrons. The molecule has 1 saturated carbocycles. The van der Waals surface area contributed by atoms with Gasteiger partial charge in [-0.25, -0.2) is 0 Å². The molecule has 0 spiro atoms. The number of hydrogen-bond acceptors (Lipinski definition) is 4. The lowest BCUT2D eigenvalue weighted by molar-refractivity contribution is -0.133. The molecule has 4 nitrogen and oxygen atoms in total. The van der Waals surface area contributed by atoms with Crippen LogP contribution in [0, 0.1) is 0 Å². The van der Waals surface area contributed by atoms with Crippen molar-refractivity contribution in [3.63, 3.8) is 0 Å². The fourth-order valence-corrected chi connectivity index (χ4v) is 2.10. The van der Waals surface area contributed by atoms with E-state index < -0.39 is 0 Å². The van der Waals surface area contributed by atoms with Gasteiger partial charge in [0.15, 0.2) is 0 Å². The predicted molar refractivity (Wildman–Crippen MR) is 59.1 cm³/mol. The first-order chi connectivity index (χ1) is 7.22. The van der Waals surface area contributed by atoms with Crippen LogP contribution in [0.15, 0.2) is 0 Å².